The van der Waals surface area contributed by atoms with Crippen LogP contribution >= 0.6 is 0 Å². The average molecular weight is 371 g/mol. The molecule has 0 atom stereocenters. The monoisotopic (exact) mass is 370 g/mol. The molecule has 2 aromatic carbocycles. The van der Waals surface area contributed by atoms with Gasteiger partial charge in [-0.2, -0.15) is 0 Å². The Morgan fingerprint density at radius 3 is 2.00 bits per heavy atom. The Morgan fingerprint density at radius 2 is 1.46 bits per heavy atom. The fourth-order valence-electron chi connectivity index (χ4n) is 3.46. The van der Waals surface area contributed by atoms with Crippen molar-refractivity contribution in [3.8, 4) is 0 Å². The molecule has 0 saturated heterocycles. The van der Waals surface area contributed by atoms with E-state index in [4.69, 9.17) is 4.98 Å². The van der Waals surface area contributed by atoms with E-state index in [1.807, 2.05) is 13.4 Å². The second-order valence-corrected chi connectivity index (χ2v) is 7.58. The van der Waals surface area contributed by atoms with Gasteiger partial charge in [-0.05, 0) is 23.1 Å². The summed E-state index contributed by atoms with van der Waals surface area (Å²) in [5.41, 5.74) is 5.70. The van der Waals surface area contributed by atoms with E-state index in [9.17, 15) is 0 Å². The van der Waals surface area contributed by atoms with Crippen molar-refractivity contribution in [1.29, 1.82) is 0 Å². The fourth-order valence-corrected chi connectivity index (χ4v) is 3.46. The van der Waals surface area contributed by atoms with Gasteiger partial charge in [-0.3, -0.25) is 0 Å². The highest BCUT2D eigenvalue weighted by atomic mass is 15.2. The van der Waals surface area contributed by atoms with E-state index < -0.39 is 0 Å². The second kappa shape index (κ2) is 7.85. The number of aromatic nitrogens is 3. The van der Waals surface area contributed by atoms with Crippen LogP contribution in [0.25, 0.3) is 11.0 Å². The third-order valence-corrected chi connectivity index (χ3v) is 5.04. The SMILES string of the molecule is CC(C)c1cc2c(ncn2C)c(N(Cc2ccccc2)Cc2ccccc2)n1. The van der Waals surface area contributed by atoms with E-state index in [0.29, 0.717) is 5.92 Å². The third-order valence-electron chi connectivity index (χ3n) is 5.04. The average Bonchev–Trinajstić information content (AvgIpc) is 3.09. The highest BCUT2D eigenvalue weighted by Crippen LogP contribution is 2.29. The maximum atomic E-state index is 5.06. The van der Waals surface area contributed by atoms with Crippen LogP contribution in [-0.4, -0.2) is 14.5 Å². The number of hydrogen-bond acceptors (Lipinski definition) is 3. The molecule has 28 heavy (non-hydrogen) atoms. The Labute approximate surface area is 166 Å². The van der Waals surface area contributed by atoms with Crippen LogP contribution in [0.3, 0.4) is 0 Å². The number of nitrogens with zero attached hydrogens (tertiary/aromatic N) is 4. The molecule has 0 N–H and O–H groups in total. The summed E-state index contributed by atoms with van der Waals surface area (Å²) in [5.74, 6) is 1.31. The van der Waals surface area contributed by atoms with Gasteiger partial charge in [-0.1, -0.05) is 74.5 Å². The summed E-state index contributed by atoms with van der Waals surface area (Å²) in [4.78, 5) is 12.1. The number of fused-ring (bicyclic) bond motifs is 1. The Kier molecular flexibility index (Phi) is 5.11. The van der Waals surface area contributed by atoms with Crippen LogP contribution in [0.2, 0.25) is 0 Å². The number of benzene rings is 2. The van der Waals surface area contributed by atoms with Gasteiger partial charge < -0.3 is 9.47 Å². The molecule has 0 fully saturated rings. The molecule has 0 bridgehead atoms. The molecule has 2 heterocycles. The first-order chi connectivity index (χ1) is 13.6. The van der Waals surface area contributed by atoms with E-state index >= 15 is 0 Å². The molecule has 0 saturated carbocycles. The molecule has 2 aromatic heterocycles. The molecule has 4 heteroatoms. The third kappa shape index (κ3) is 3.77. The van der Waals surface area contributed by atoms with Gasteiger partial charge in [0.1, 0.15) is 5.52 Å². The maximum absolute atomic E-state index is 5.06. The van der Waals surface area contributed by atoms with Gasteiger partial charge >= 0.3 is 0 Å². The largest absolute Gasteiger partial charge is 0.346 e. The van der Waals surface area contributed by atoms with Crippen molar-refractivity contribution in [3.63, 3.8) is 0 Å². The minimum Gasteiger partial charge on any atom is -0.346 e. The van der Waals surface area contributed by atoms with Crippen LogP contribution in [0.1, 0.15) is 36.6 Å². The quantitative estimate of drug-likeness (QED) is 0.462. The van der Waals surface area contributed by atoms with E-state index in [-0.39, 0.29) is 0 Å². The van der Waals surface area contributed by atoms with Crippen molar-refractivity contribution in [2.45, 2.75) is 32.9 Å². The molecular formula is C24H26N4. The van der Waals surface area contributed by atoms with E-state index in [1.165, 1.54) is 11.1 Å². The Bertz CT molecular complexity index is 1010. The molecule has 0 spiro atoms. The normalized spacial score (nSPS) is 11.3. The van der Waals surface area contributed by atoms with Crippen LogP contribution in [-0.2, 0) is 20.1 Å². The summed E-state index contributed by atoms with van der Waals surface area (Å²) in [6, 6.07) is 23.3. The summed E-state index contributed by atoms with van der Waals surface area (Å²) < 4.78 is 2.08. The summed E-state index contributed by atoms with van der Waals surface area (Å²) in [5, 5.41) is 0. The van der Waals surface area contributed by atoms with Gasteiger partial charge in [0.2, 0.25) is 0 Å². The lowest BCUT2D eigenvalue weighted by molar-refractivity contribution is 0.765. The number of pyridine rings is 1. The van der Waals surface area contributed by atoms with E-state index in [1.54, 1.807) is 0 Å². The number of anilines is 1. The summed E-state index contributed by atoms with van der Waals surface area (Å²) >= 11 is 0. The topological polar surface area (TPSA) is 34.0 Å². The first-order valence-corrected chi connectivity index (χ1v) is 9.76. The number of aryl methyl sites for hydroxylation is 1. The maximum Gasteiger partial charge on any atom is 0.157 e. The summed E-state index contributed by atoms with van der Waals surface area (Å²) in [6.07, 6.45) is 1.88. The Morgan fingerprint density at radius 1 is 0.893 bits per heavy atom. The molecule has 4 nitrogen and oxygen atoms in total. The lowest BCUT2D eigenvalue weighted by Gasteiger charge is -2.25. The Hall–Kier alpha value is -3.14. The zero-order chi connectivity index (χ0) is 19.5. The predicted octanol–water partition coefficient (Wildman–Crippen LogP) is 5.30. The number of rotatable bonds is 6. The summed E-state index contributed by atoms with van der Waals surface area (Å²) in [6.45, 7) is 5.95. The molecule has 4 aromatic rings. The van der Waals surface area contributed by atoms with Crippen LogP contribution in [0.5, 0.6) is 0 Å². The van der Waals surface area contributed by atoms with Gasteiger partial charge in [0.05, 0.1) is 11.8 Å². The van der Waals surface area contributed by atoms with Crippen molar-refractivity contribution in [3.05, 3.63) is 89.9 Å². The first-order valence-electron chi connectivity index (χ1n) is 9.76. The molecule has 4 rings (SSSR count). The van der Waals surface area contributed by atoms with Gasteiger partial charge in [0.25, 0.3) is 0 Å². The second-order valence-electron chi connectivity index (χ2n) is 7.58. The van der Waals surface area contributed by atoms with E-state index in [2.05, 4.69) is 95.0 Å². The number of imidazole rings is 1. The predicted molar refractivity (Wildman–Crippen MR) is 115 cm³/mol. The molecule has 0 aliphatic rings. The van der Waals surface area contributed by atoms with Crippen molar-refractivity contribution in [1.82, 2.24) is 14.5 Å². The zero-order valence-electron chi connectivity index (χ0n) is 16.7. The smallest absolute Gasteiger partial charge is 0.157 e. The Balaban J connectivity index is 1.83. The molecule has 142 valence electrons. The van der Waals surface area contributed by atoms with Crippen LogP contribution in [0.4, 0.5) is 5.82 Å². The minimum absolute atomic E-state index is 0.355. The highest BCUT2D eigenvalue weighted by Gasteiger charge is 2.18. The van der Waals surface area contributed by atoms with E-state index in [0.717, 1.165) is 35.6 Å². The lowest BCUT2D eigenvalue weighted by Crippen LogP contribution is -2.24. The zero-order valence-corrected chi connectivity index (χ0v) is 16.7. The molecule has 0 amide bonds. The van der Waals surface area contributed by atoms with Gasteiger partial charge in [-0.25, -0.2) is 9.97 Å². The van der Waals surface area contributed by atoms with Crippen molar-refractivity contribution in [2.75, 3.05) is 4.90 Å². The summed E-state index contributed by atoms with van der Waals surface area (Å²) in [7, 11) is 2.04. The van der Waals surface area contributed by atoms with Crippen LogP contribution in [0, 0.1) is 0 Å². The van der Waals surface area contributed by atoms with Gasteiger partial charge in [0, 0.05) is 25.8 Å². The first kappa shape index (κ1) is 18.2. The highest BCUT2D eigenvalue weighted by molar-refractivity contribution is 5.87. The van der Waals surface area contributed by atoms with Crippen LogP contribution < -0.4 is 4.90 Å². The van der Waals surface area contributed by atoms with Gasteiger partial charge in [-0.15, -0.1) is 0 Å². The molecule has 0 radical (unpaired) electrons. The van der Waals surface area contributed by atoms with Crippen molar-refractivity contribution in [2.24, 2.45) is 7.05 Å². The fraction of sp³-hybridized carbons (Fsp3) is 0.250. The molecular weight excluding hydrogens is 344 g/mol. The minimum atomic E-state index is 0.355. The van der Waals surface area contributed by atoms with Crippen molar-refractivity contribution >= 4 is 16.9 Å². The lowest BCUT2D eigenvalue weighted by atomic mass is 10.1. The van der Waals surface area contributed by atoms with Crippen LogP contribution in [0.15, 0.2) is 73.1 Å². The molecule has 0 aliphatic carbocycles. The molecule has 0 aliphatic heterocycles. The number of hydrogen-bond donors (Lipinski definition) is 0. The van der Waals surface area contributed by atoms with Gasteiger partial charge in [0.15, 0.2) is 5.82 Å². The van der Waals surface area contributed by atoms with Crippen molar-refractivity contribution < 1.29 is 0 Å². The standard InChI is InChI=1S/C24H26N4/c1-18(2)21-14-22-23(25-17-27(22)3)24(26-21)28(15-19-10-6-4-7-11-19)16-20-12-8-5-9-13-20/h4-14,17-18H,15-16H2,1-3H3. The molecule has 0 unspecified atom stereocenters.